The van der Waals surface area contributed by atoms with Crippen LogP contribution in [0, 0.1) is 0 Å². The first-order valence-corrected chi connectivity index (χ1v) is 29.4. The summed E-state index contributed by atoms with van der Waals surface area (Å²) >= 11 is 0. The lowest BCUT2D eigenvalue weighted by molar-refractivity contribution is -0.127. The molecular formula is C61H79N17O4. The number of carbonyl (C=O) groups is 2. The summed E-state index contributed by atoms with van der Waals surface area (Å²) in [6.45, 7) is 24.0. The summed E-state index contributed by atoms with van der Waals surface area (Å²) in [5, 5.41) is 17.4. The van der Waals surface area contributed by atoms with Crippen LogP contribution in [0.2, 0.25) is 0 Å². The first-order valence-electron chi connectivity index (χ1n) is 29.4. The zero-order chi connectivity index (χ0) is 57.0. The van der Waals surface area contributed by atoms with E-state index in [-0.39, 0.29) is 35.9 Å². The van der Waals surface area contributed by atoms with Crippen LogP contribution >= 0.6 is 0 Å². The van der Waals surface area contributed by atoms with Crippen molar-refractivity contribution < 1.29 is 19.1 Å². The number of anilines is 2. The Morgan fingerprint density at radius 3 is 1.56 bits per heavy atom. The summed E-state index contributed by atoms with van der Waals surface area (Å²) in [7, 11) is 4.28. The molecule has 4 saturated heterocycles. The first kappa shape index (κ1) is 56.0. The molecule has 0 bridgehead atoms. The molecule has 2 aromatic carbocycles. The molecule has 0 radical (unpaired) electrons. The molecule has 82 heavy (non-hydrogen) atoms. The minimum atomic E-state index is 0.00204. The van der Waals surface area contributed by atoms with Gasteiger partial charge in [0.05, 0.1) is 23.4 Å². The molecule has 0 unspecified atom stereocenters. The fourth-order valence-electron chi connectivity index (χ4n) is 11.7. The highest BCUT2D eigenvalue weighted by molar-refractivity contribution is 5.87. The molecule has 12 rings (SSSR count). The summed E-state index contributed by atoms with van der Waals surface area (Å²) in [6.07, 6.45) is 14.3. The van der Waals surface area contributed by atoms with E-state index in [1.807, 2.05) is 22.2 Å². The number of carbonyl (C=O) groups excluding carboxylic acids is 2. The molecule has 6 aromatic heterocycles. The van der Waals surface area contributed by atoms with Gasteiger partial charge in [0.1, 0.15) is 18.0 Å². The summed E-state index contributed by atoms with van der Waals surface area (Å²) < 4.78 is 16.1. The number of piperidine rings is 4. The molecule has 0 aliphatic carbocycles. The number of rotatable bonds is 16. The monoisotopic (exact) mass is 1110 g/mol. The van der Waals surface area contributed by atoms with Crippen molar-refractivity contribution in [3.8, 4) is 12.0 Å². The van der Waals surface area contributed by atoms with Gasteiger partial charge in [-0.3, -0.25) is 9.59 Å². The molecule has 8 aromatic rings. The quantitative estimate of drug-likeness (QED) is 0.0664. The SMILES string of the molecule is C=CC(=O)N1CCC(c2cc3ccc(CNc4nc(OC5CCN(C)CC5)nc5c(C(C)C)cnn45)cc3[nH]2)CC1.C=CC(=O)N1CCC(c2nc3ccc(CNc4nc(OC5CCN(C)CC5)nc5c(C(C)C)cnn45)cc3[nH]2)CC1. The molecule has 4 fully saturated rings. The van der Waals surface area contributed by atoms with E-state index in [0.29, 0.717) is 48.8 Å². The summed E-state index contributed by atoms with van der Waals surface area (Å²) in [5.41, 5.74) is 10.2. The Morgan fingerprint density at radius 2 is 1.07 bits per heavy atom. The Bertz CT molecular complexity index is 3310. The van der Waals surface area contributed by atoms with Gasteiger partial charge in [-0.2, -0.15) is 39.2 Å². The van der Waals surface area contributed by atoms with Crippen molar-refractivity contribution >= 4 is 56.9 Å². The Balaban J connectivity index is 0.000000172. The van der Waals surface area contributed by atoms with Gasteiger partial charge in [-0.1, -0.05) is 59.1 Å². The predicted octanol–water partition coefficient (Wildman–Crippen LogP) is 8.81. The Kier molecular flexibility index (Phi) is 16.8. The zero-order valence-corrected chi connectivity index (χ0v) is 48.4. The number of nitrogens with one attached hydrogen (secondary N) is 4. The van der Waals surface area contributed by atoms with Gasteiger partial charge in [0.2, 0.25) is 23.7 Å². The van der Waals surface area contributed by atoms with Crippen LogP contribution in [-0.2, 0) is 22.7 Å². The number of hydrogen-bond donors (Lipinski definition) is 4. The van der Waals surface area contributed by atoms with Crippen molar-refractivity contribution in [2.75, 3.05) is 77.1 Å². The van der Waals surface area contributed by atoms with E-state index in [4.69, 9.17) is 34.4 Å². The predicted molar refractivity (Wildman–Crippen MR) is 319 cm³/mol. The minimum Gasteiger partial charge on any atom is -0.460 e. The topological polar surface area (TPSA) is 220 Å². The highest BCUT2D eigenvalue weighted by Crippen LogP contribution is 2.33. The maximum absolute atomic E-state index is 11.9. The average molecular weight is 1110 g/mol. The highest BCUT2D eigenvalue weighted by Gasteiger charge is 2.28. The van der Waals surface area contributed by atoms with E-state index in [2.05, 4.69) is 138 Å². The van der Waals surface area contributed by atoms with Crippen LogP contribution in [0.1, 0.15) is 137 Å². The number of aromatic nitrogens is 11. The van der Waals surface area contributed by atoms with Crippen LogP contribution in [-0.4, -0.2) is 164 Å². The van der Waals surface area contributed by atoms with Crippen LogP contribution in [0.3, 0.4) is 0 Å². The second-order valence-corrected chi connectivity index (χ2v) is 23.3. The number of hydrogen-bond acceptors (Lipinski definition) is 15. The van der Waals surface area contributed by atoms with Gasteiger partial charge in [0, 0.05) is 99.6 Å². The van der Waals surface area contributed by atoms with Gasteiger partial charge in [-0.25, -0.2) is 4.98 Å². The zero-order valence-electron chi connectivity index (χ0n) is 48.4. The average Bonchev–Trinajstić information content (AvgIpc) is 3.99. The highest BCUT2D eigenvalue weighted by atomic mass is 16.5. The minimum absolute atomic E-state index is 0.00204. The van der Waals surface area contributed by atoms with Crippen molar-refractivity contribution in [2.45, 2.75) is 128 Å². The molecule has 21 heteroatoms. The maximum Gasteiger partial charge on any atom is 0.322 e. The number of imidazole rings is 1. The van der Waals surface area contributed by atoms with Gasteiger partial charge < -0.3 is 49.7 Å². The molecule has 0 atom stereocenters. The fourth-order valence-corrected chi connectivity index (χ4v) is 11.7. The second kappa shape index (κ2) is 24.7. The Morgan fingerprint density at radius 1 is 0.598 bits per heavy atom. The lowest BCUT2D eigenvalue weighted by atomic mass is 9.93. The van der Waals surface area contributed by atoms with E-state index in [0.717, 1.165) is 160 Å². The molecule has 432 valence electrons. The molecule has 10 heterocycles. The number of H-pyrrole nitrogens is 2. The van der Waals surface area contributed by atoms with Crippen LogP contribution < -0.4 is 20.1 Å². The number of nitrogens with zero attached hydrogens (tertiary/aromatic N) is 13. The molecule has 4 aliphatic heterocycles. The third-order valence-electron chi connectivity index (χ3n) is 16.8. The molecule has 2 amide bonds. The van der Waals surface area contributed by atoms with E-state index in [1.54, 1.807) is 9.03 Å². The molecule has 21 nitrogen and oxygen atoms in total. The van der Waals surface area contributed by atoms with Crippen LogP contribution in [0.5, 0.6) is 12.0 Å². The van der Waals surface area contributed by atoms with Gasteiger partial charge in [0.15, 0.2) is 11.3 Å². The first-order chi connectivity index (χ1) is 39.7. The summed E-state index contributed by atoms with van der Waals surface area (Å²) in [4.78, 5) is 63.3. The molecule has 4 aliphatic rings. The van der Waals surface area contributed by atoms with Gasteiger partial charge in [-0.15, -0.1) is 0 Å². The van der Waals surface area contributed by atoms with E-state index >= 15 is 0 Å². The number of benzene rings is 2. The Hall–Kier alpha value is -7.91. The van der Waals surface area contributed by atoms with Crippen molar-refractivity contribution in [1.29, 1.82) is 0 Å². The molecular weight excluding hydrogens is 1030 g/mol. The summed E-state index contributed by atoms with van der Waals surface area (Å²) in [6, 6.07) is 15.8. The third-order valence-corrected chi connectivity index (χ3v) is 16.8. The number of amides is 2. The van der Waals surface area contributed by atoms with Gasteiger partial charge >= 0.3 is 12.0 Å². The standard InChI is InChI=1S/C31H40N8O2.C30H39N9O2/c1-5-28(40)38-14-8-22(9-15-38)27-17-23-7-6-21(16-26(23)34-27)18-32-30-36-31(41-24-10-12-37(4)13-11-24)35-29-25(20(2)3)19-33-39(29)30;1-5-26(40)38-14-8-21(9-15-38)27-33-24-7-6-20(16-25(24)34-27)17-31-29-36-30(41-22-10-12-37(4)13-11-22)35-28-23(19(2)3)18-32-39(28)29/h5-7,16-17,19-20,22,24,34H,1,8-15,18H2,2-4H3,(H,32,35,36);5-7,16,18-19,21-22H,1,8-15,17H2,2-4H3,(H,33,34)(H,31,35,36). The lowest BCUT2D eigenvalue weighted by Gasteiger charge is -2.30. The fraction of sp³-hybridized carbons (Fsp3) is 0.492. The maximum atomic E-state index is 11.9. The molecule has 4 N–H and O–H groups in total. The summed E-state index contributed by atoms with van der Waals surface area (Å²) in [5.74, 6) is 3.53. The number of fused-ring (bicyclic) bond motifs is 4. The Labute approximate surface area is 479 Å². The van der Waals surface area contributed by atoms with E-state index < -0.39 is 0 Å². The van der Waals surface area contributed by atoms with Crippen LogP contribution in [0.25, 0.3) is 33.2 Å². The van der Waals surface area contributed by atoms with Gasteiger partial charge in [-0.05, 0) is 130 Å². The van der Waals surface area contributed by atoms with Crippen LogP contribution in [0.4, 0.5) is 11.9 Å². The third kappa shape index (κ3) is 12.6. The lowest BCUT2D eigenvalue weighted by Crippen LogP contribution is -2.37. The largest absolute Gasteiger partial charge is 0.460 e. The number of likely N-dealkylation sites (tertiary alicyclic amines) is 4. The van der Waals surface area contributed by atoms with Crippen LogP contribution in [0.15, 0.2) is 80.2 Å². The number of ether oxygens (including phenoxy) is 2. The van der Waals surface area contributed by atoms with E-state index in [1.165, 1.54) is 23.2 Å². The smallest absolute Gasteiger partial charge is 0.322 e. The number of aromatic amines is 2. The second-order valence-electron chi connectivity index (χ2n) is 23.3. The molecule has 0 saturated carbocycles. The molecule has 0 spiro atoms. The van der Waals surface area contributed by atoms with Gasteiger partial charge in [0.25, 0.3) is 0 Å². The van der Waals surface area contributed by atoms with Crippen molar-refractivity contribution in [1.82, 2.24) is 73.7 Å². The normalized spacial score (nSPS) is 17.5. The van der Waals surface area contributed by atoms with Crippen molar-refractivity contribution in [3.63, 3.8) is 0 Å². The van der Waals surface area contributed by atoms with Crippen molar-refractivity contribution in [2.24, 2.45) is 0 Å². The van der Waals surface area contributed by atoms with E-state index in [9.17, 15) is 9.59 Å². The van der Waals surface area contributed by atoms with Crippen molar-refractivity contribution in [3.05, 3.63) is 114 Å².